The zero-order valence-corrected chi connectivity index (χ0v) is 17.0. The van der Waals surface area contributed by atoms with Crippen LogP contribution in [-0.4, -0.2) is 58.9 Å². The second-order valence-electron chi connectivity index (χ2n) is 7.01. The lowest BCUT2D eigenvalue weighted by atomic mass is 10.1. The molecule has 0 saturated carbocycles. The molecule has 0 atom stereocenters. The molecular formula is C20H21N7O2S. The molecule has 30 heavy (non-hydrogen) atoms. The Balaban J connectivity index is 1.63. The molecule has 0 aliphatic carbocycles. The van der Waals surface area contributed by atoms with Gasteiger partial charge in [-0.25, -0.2) is 9.97 Å². The van der Waals surface area contributed by atoms with E-state index >= 15 is 0 Å². The number of nitrogens with two attached hydrogens (primary N) is 1. The lowest BCUT2D eigenvalue weighted by Gasteiger charge is -2.28. The van der Waals surface area contributed by atoms with E-state index < -0.39 is 0 Å². The number of hydrogen-bond acceptors (Lipinski definition) is 8. The molecule has 4 N–H and O–H groups in total. The van der Waals surface area contributed by atoms with E-state index in [1.54, 1.807) is 17.5 Å². The van der Waals surface area contributed by atoms with Gasteiger partial charge < -0.3 is 20.7 Å². The zero-order chi connectivity index (χ0) is 20.5. The minimum absolute atomic E-state index is 0.0252. The average molecular weight is 424 g/mol. The van der Waals surface area contributed by atoms with Crippen LogP contribution in [0.1, 0.15) is 4.88 Å². The van der Waals surface area contributed by atoms with Crippen LogP contribution >= 0.6 is 11.3 Å². The van der Waals surface area contributed by atoms with E-state index in [1.165, 1.54) is 0 Å². The number of amides is 1. The van der Waals surface area contributed by atoms with Crippen molar-refractivity contribution in [3.8, 4) is 11.4 Å². The summed E-state index contributed by atoms with van der Waals surface area (Å²) in [6.45, 7) is 3.29. The number of hydrogen-bond donors (Lipinski definition) is 3. The number of nitrogens with one attached hydrogen (secondary N) is 2. The Kier molecular flexibility index (Phi) is 5.03. The Labute approximate surface area is 176 Å². The summed E-state index contributed by atoms with van der Waals surface area (Å²) in [5.74, 6) is 1.38. The van der Waals surface area contributed by atoms with Gasteiger partial charge in [-0.05, 0) is 12.1 Å². The average Bonchev–Trinajstić information content (AvgIpc) is 3.43. The number of ether oxygens (including phenoxy) is 1. The standard InChI is InChI=1S/C20H21N7O2S/c21-9-17(28)22-10-12-8-16-18(30-12)20(27-4-6-29-7-5-27)25-19(24-16)13-2-1-3-15-14(13)11-23-26-15/h1-3,8,11H,4-7,9-10,21H2,(H,22,28)(H,23,26). The summed E-state index contributed by atoms with van der Waals surface area (Å²) in [5, 5.41) is 11.0. The van der Waals surface area contributed by atoms with Gasteiger partial charge in [-0.1, -0.05) is 12.1 Å². The first kappa shape index (κ1) is 18.9. The molecule has 0 spiro atoms. The first-order valence-corrected chi connectivity index (χ1v) is 10.6. The van der Waals surface area contributed by atoms with Gasteiger partial charge in [-0.3, -0.25) is 9.89 Å². The molecule has 1 aliphatic rings. The van der Waals surface area contributed by atoms with Gasteiger partial charge in [0.25, 0.3) is 0 Å². The maximum atomic E-state index is 11.6. The van der Waals surface area contributed by atoms with Crippen molar-refractivity contribution in [2.24, 2.45) is 5.73 Å². The zero-order valence-electron chi connectivity index (χ0n) is 16.2. The van der Waals surface area contributed by atoms with E-state index in [2.05, 4.69) is 20.4 Å². The second-order valence-corrected chi connectivity index (χ2v) is 8.15. The summed E-state index contributed by atoms with van der Waals surface area (Å²) in [6, 6.07) is 7.98. The normalized spacial score (nSPS) is 14.5. The number of carbonyl (C=O) groups excluding carboxylic acids is 1. The summed E-state index contributed by atoms with van der Waals surface area (Å²) < 4.78 is 6.54. The van der Waals surface area contributed by atoms with E-state index in [-0.39, 0.29) is 12.5 Å². The van der Waals surface area contributed by atoms with E-state index in [0.717, 1.165) is 50.5 Å². The highest BCUT2D eigenvalue weighted by atomic mass is 32.1. The molecule has 1 aromatic carbocycles. The lowest BCUT2D eigenvalue weighted by Crippen LogP contribution is -2.36. The molecule has 1 aliphatic heterocycles. The predicted molar refractivity (Wildman–Crippen MR) is 116 cm³/mol. The molecule has 1 fully saturated rings. The molecule has 0 unspecified atom stereocenters. The number of benzene rings is 1. The summed E-state index contributed by atoms with van der Waals surface area (Å²) in [6.07, 6.45) is 1.80. The minimum Gasteiger partial charge on any atom is -0.378 e. The highest BCUT2D eigenvalue weighted by molar-refractivity contribution is 7.19. The number of nitrogens with zero attached hydrogens (tertiary/aromatic N) is 4. The minimum atomic E-state index is -0.181. The molecule has 4 heterocycles. The Morgan fingerprint density at radius 1 is 1.30 bits per heavy atom. The maximum Gasteiger partial charge on any atom is 0.234 e. The van der Waals surface area contributed by atoms with E-state index in [4.69, 9.17) is 20.4 Å². The van der Waals surface area contributed by atoms with Crippen molar-refractivity contribution >= 4 is 44.2 Å². The van der Waals surface area contributed by atoms with Crippen LogP contribution in [0.25, 0.3) is 32.5 Å². The molecule has 9 nitrogen and oxygen atoms in total. The van der Waals surface area contributed by atoms with Crippen molar-refractivity contribution in [3.05, 3.63) is 35.3 Å². The van der Waals surface area contributed by atoms with Crippen LogP contribution in [0.2, 0.25) is 0 Å². The van der Waals surface area contributed by atoms with Gasteiger partial charge in [0.2, 0.25) is 5.91 Å². The van der Waals surface area contributed by atoms with Crippen LogP contribution in [0.15, 0.2) is 30.5 Å². The number of H-pyrrole nitrogens is 1. The van der Waals surface area contributed by atoms with Crippen molar-refractivity contribution in [3.63, 3.8) is 0 Å². The molecule has 1 saturated heterocycles. The van der Waals surface area contributed by atoms with Crippen LogP contribution in [-0.2, 0) is 16.1 Å². The van der Waals surface area contributed by atoms with Gasteiger partial charge in [0.1, 0.15) is 0 Å². The first-order valence-electron chi connectivity index (χ1n) is 9.75. The van der Waals surface area contributed by atoms with Crippen LogP contribution in [0.4, 0.5) is 5.82 Å². The largest absolute Gasteiger partial charge is 0.378 e. The smallest absolute Gasteiger partial charge is 0.234 e. The van der Waals surface area contributed by atoms with Gasteiger partial charge in [-0.15, -0.1) is 11.3 Å². The second kappa shape index (κ2) is 7.98. The van der Waals surface area contributed by atoms with Crippen molar-refractivity contribution in [1.82, 2.24) is 25.5 Å². The van der Waals surface area contributed by atoms with Crippen molar-refractivity contribution in [1.29, 1.82) is 0 Å². The number of morpholine rings is 1. The van der Waals surface area contributed by atoms with Gasteiger partial charge in [0.05, 0.1) is 48.2 Å². The molecule has 0 bridgehead atoms. The Morgan fingerprint density at radius 3 is 3.00 bits per heavy atom. The number of anilines is 1. The highest BCUT2D eigenvalue weighted by Crippen LogP contribution is 2.35. The molecule has 3 aromatic heterocycles. The van der Waals surface area contributed by atoms with Gasteiger partial charge in [0.15, 0.2) is 11.6 Å². The molecular weight excluding hydrogens is 402 g/mol. The lowest BCUT2D eigenvalue weighted by molar-refractivity contribution is -0.119. The van der Waals surface area contributed by atoms with Crippen molar-refractivity contribution < 1.29 is 9.53 Å². The van der Waals surface area contributed by atoms with Gasteiger partial charge in [-0.2, -0.15) is 5.10 Å². The Hall–Kier alpha value is -3.08. The maximum absolute atomic E-state index is 11.6. The molecule has 4 aromatic rings. The number of carbonyl (C=O) groups is 1. The Morgan fingerprint density at radius 2 is 2.17 bits per heavy atom. The quantitative estimate of drug-likeness (QED) is 0.446. The van der Waals surface area contributed by atoms with Crippen LogP contribution in [0.5, 0.6) is 0 Å². The summed E-state index contributed by atoms with van der Waals surface area (Å²) in [7, 11) is 0. The highest BCUT2D eigenvalue weighted by Gasteiger charge is 2.21. The summed E-state index contributed by atoms with van der Waals surface area (Å²) in [5.41, 5.74) is 8.14. The number of rotatable bonds is 5. The van der Waals surface area contributed by atoms with Crippen molar-refractivity contribution in [2.75, 3.05) is 37.7 Å². The number of fused-ring (bicyclic) bond motifs is 2. The van der Waals surface area contributed by atoms with Gasteiger partial charge >= 0.3 is 0 Å². The number of thiophene rings is 1. The summed E-state index contributed by atoms with van der Waals surface area (Å²) in [4.78, 5) is 24.6. The third kappa shape index (κ3) is 3.49. The molecule has 1 amide bonds. The van der Waals surface area contributed by atoms with Crippen LogP contribution < -0.4 is 16.0 Å². The predicted octanol–water partition coefficient (Wildman–Crippen LogP) is 1.65. The molecule has 154 valence electrons. The van der Waals surface area contributed by atoms with Crippen LogP contribution in [0, 0.1) is 0 Å². The van der Waals surface area contributed by atoms with E-state index in [1.807, 2.05) is 24.3 Å². The fourth-order valence-electron chi connectivity index (χ4n) is 3.58. The fraction of sp³-hybridized carbons (Fsp3) is 0.300. The fourth-order valence-corrected chi connectivity index (χ4v) is 4.63. The third-order valence-electron chi connectivity index (χ3n) is 5.09. The van der Waals surface area contributed by atoms with E-state index in [0.29, 0.717) is 25.6 Å². The van der Waals surface area contributed by atoms with Gasteiger partial charge in [0, 0.05) is 28.9 Å². The number of aromatic amines is 1. The third-order valence-corrected chi connectivity index (χ3v) is 6.21. The van der Waals surface area contributed by atoms with Crippen molar-refractivity contribution in [2.45, 2.75) is 6.54 Å². The van der Waals surface area contributed by atoms with E-state index in [9.17, 15) is 4.79 Å². The molecule has 10 heteroatoms. The summed E-state index contributed by atoms with van der Waals surface area (Å²) >= 11 is 1.60. The number of aromatic nitrogens is 4. The monoisotopic (exact) mass is 423 g/mol. The topological polar surface area (TPSA) is 122 Å². The SMILES string of the molecule is NCC(=O)NCc1cc2nc(-c3cccc4[nH]ncc34)nc(N3CCOCC3)c2s1. The first-order chi connectivity index (χ1) is 14.7. The Bertz CT molecular complexity index is 1210. The molecule has 5 rings (SSSR count). The van der Waals surface area contributed by atoms with Crippen LogP contribution in [0.3, 0.4) is 0 Å². The molecule has 0 radical (unpaired) electrons.